The predicted molar refractivity (Wildman–Crippen MR) is 137 cm³/mol. The maximum absolute atomic E-state index is 11.3. The second-order valence-corrected chi connectivity index (χ2v) is 9.43. The van der Waals surface area contributed by atoms with Gasteiger partial charge in [-0.05, 0) is 62.1 Å². The van der Waals surface area contributed by atoms with Gasteiger partial charge in [-0.3, -0.25) is 4.90 Å². The lowest BCUT2D eigenvalue weighted by Crippen LogP contribution is -2.48. The molecule has 2 heterocycles. The molecular formula is C28H33NO9. The number of benzene rings is 2. The second kappa shape index (κ2) is 12.2. The average molecular weight is 528 g/mol. The van der Waals surface area contributed by atoms with Gasteiger partial charge in [-0.25, -0.2) is 9.59 Å². The highest BCUT2D eigenvalue weighted by Crippen LogP contribution is 2.42. The molecule has 2 aliphatic heterocycles. The van der Waals surface area contributed by atoms with Gasteiger partial charge in [-0.15, -0.1) is 0 Å². The van der Waals surface area contributed by atoms with Gasteiger partial charge in [0.15, 0.2) is 23.0 Å². The Balaban J connectivity index is 0.000000368. The third-order valence-electron chi connectivity index (χ3n) is 6.99. The van der Waals surface area contributed by atoms with E-state index in [4.69, 9.17) is 29.2 Å². The van der Waals surface area contributed by atoms with Crippen molar-refractivity contribution in [3.05, 3.63) is 60.2 Å². The number of likely N-dealkylation sites (N-methyl/N-ethyl adjacent to an activating group) is 1. The van der Waals surface area contributed by atoms with Crippen LogP contribution < -0.4 is 18.9 Å². The summed E-state index contributed by atoms with van der Waals surface area (Å²) < 4.78 is 22.9. The quantitative estimate of drug-likeness (QED) is 0.460. The fourth-order valence-corrected chi connectivity index (χ4v) is 5.01. The Bertz CT molecular complexity index is 1140. The zero-order valence-electron chi connectivity index (χ0n) is 21.2. The van der Waals surface area contributed by atoms with E-state index in [0.29, 0.717) is 24.8 Å². The van der Waals surface area contributed by atoms with Crippen LogP contribution in [0.3, 0.4) is 0 Å². The lowest BCUT2D eigenvalue weighted by molar-refractivity contribution is -0.134. The van der Waals surface area contributed by atoms with Crippen molar-refractivity contribution in [2.24, 2.45) is 0 Å². The number of para-hydroxylation sites is 2. The molecular weight excluding hydrogens is 494 g/mol. The molecule has 1 saturated carbocycles. The summed E-state index contributed by atoms with van der Waals surface area (Å²) in [4.78, 5) is 21.6. The van der Waals surface area contributed by atoms with Crippen LogP contribution >= 0.6 is 0 Å². The molecule has 1 aliphatic carbocycles. The first-order valence-corrected chi connectivity index (χ1v) is 12.7. The summed E-state index contributed by atoms with van der Waals surface area (Å²) >= 11 is 0. The van der Waals surface area contributed by atoms with E-state index in [0.717, 1.165) is 67.3 Å². The van der Waals surface area contributed by atoms with Gasteiger partial charge < -0.3 is 34.3 Å². The fourth-order valence-electron chi connectivity index (χ4n) is 5.01. The lowest BCUT2D eigenvalue weighted by atomic mass is 9.77. The van der Waals surface area contributed by atoms with Crippen molar-refractivity contribution in [1.82, 2.24) is 4.90 Å². The highest BCUT2D eigenvalue weighted by atomic mass is 16.7. The number of fused-ring (bicyclic) bond motifs is 2. The smallest absolute Gasteiger partial charge is 0.328 e. The minimum absolute atomic E-state index is 0.0227. The summed E-state index contributed by atoms with van der Waals surface area (Å²) in [7, 11) is 0. The highest BCUT2D eigenvalue weighted by Gasteiger charge is 2.38. The molecule has 5 rings (SSSR count). The Morgan fingerprint density at radius 1 is 0.947 bits per heavy atom. The largest absolute Gasteiger partial charge is 0.486 e. The molecule has 1 atom stereocenters. The highest BCUT2D eigenvalue weighted by molar-refractivity contribution is 5.89. The Hall–Kier alpha value is -3.76. The van der Waals surface area contributed by atoms with Crippen LogP contribution in [-0.2, 0) is 15.2 Å². The molecule has 0 amide bonds. The van der Waals surface area contributed by atoms with Crippen molar-refractivity contribution < 1.29 is 43.9 Å². The Kier molecular flexibility index (Phi) is 8.75. The Morgan fingerprint density at radius 2 is 1.58 bits per heavy atom. The molecule has 0 aromatic heterocycles. The van der Waals surface area contributed by atoms with E-state index in [9.17, 15) is 14.7 Å². The van der Waals surface area contributed by atoms with E-state index in [1.165, 1.54) is 0 Å². The summed E-state index contributed by atoms with van der Waals surface area (Å²) in [6.45, 7) is 4.80. The molecule has 2 aromatic carbocycles. The number of carbonyl (C=O) groups is 2. The van der Waals surface area contributed by atoms with Gasteiger partial charge in [-0.1, -0.05) is 25.1 Å². The molecule has 10 nitrogen and oxygen atoms in total. The summed E-state index contributed by atoms with van der Waals surface area (Å²) in [5.41, 5.74) is 0.120. The molecule has 0 bridgehead atoms. The number of rotatable bonds is 7. The summed E-state index contributed by atoms with van der Waals surface area (Å²) in [6.07, 6.45) is 4.50. The van der Waals surface area contributed by atoms with Crippen molar-refractivity contribution in [2.45, 2.75) is 50.4 Å². The second-order valence-electron chi connectivity index (χ2n) is 9.43. The molecule has 0 spiro atoms. The number of hydrogen-bond donors (Lipinski definition) is 3. The molecule has 1 unspecified atom stereocenters. The molecule has 38 heavy (non-hydrogen) atoms. The zero-order chi connectivity index (χ0) is 27.1. The van der Waals surface area contributed by atoms with Crippen LogP contribution in [-0.4, -0.2) is 70.8 Å². The van der Waals surface area contributed by atoms with E-state index in [2.05, 4.69) is 11.8 Å². The van der Waals surface area contributed by atoms with Gasteiger partial charge >= 0.3 is 11.9 Å². The molecule has 0 radical (unpaired) electrons. The number of hydrogen-bond acceptors (Lipinski definition) is 8. The van der Waals surface area contributed by atoms with Gasteiger partial charge in [0, 0.05) is 24.7 Å². The minimum atomic E-state index is -1.26. The average Bonchev–Trinajstić information content (AvgIpc) is 3.40. The van der Waals surface area contributed by atoms with Gasteiger partial charge in [0.05, 0.1) is 5.60 Å². The number of nitrogens with zero attached hydrogens (tertiary/aromatic N) is 1. The van der Waals surface area contributed by atoms with E-state index >= 15 is 0 Å². The maximum atomic E-state index is 11.3. The first-order chi connectivity index (χ1) is 18.3. The van der Waals surface area contributed by atoms with Crippen molar-refractivity contribution in [2.75, 3.05) is 26.5 Å². The monoisotopic (exact) mass is 527 g/mol. The van der Waals surface area contributed by atoms with Gasteiger partial charge in [0.2, 0.25) is 6.79 Å². The fraction of sp³-hybridized carbons (Fsp3) is 0.429. The number of aliphatic carboxylic acids is 2. The molecule has 2 aromatic rings. The van der Waals surface area contributed by atoms with Crippen LogP contribution in [0.1, 0.15) is 38.2 Å². The van der Waals surface area contributed by atoms with Crippen LogP contribution in [0.2, 0.25) is 0 Å². The molecule has 10 heteroatoms. The van der Waals surface area contributed by atoms with E-state index < -0.39 is 17.5 Å². The number of carboxylic acid groups (broad SMARTS) is 2. The lowest BCUT2D eigenvalue weighted by Gasteiger charge is -2.42. The normalized spacial score (nSPS) is 23.6. The van der Waals surface area contributed by atoms with Crippen molar-refractivity contribution >= 4 is 11.9 Å². The molecule has 3 N–H and O–H groups in total. The van der Waals surface area contributed by atoms with Crippen LogP contribution in [0.5, 0.6) is 23.0 Å². The summed E-state index contributed by atoms with van der Waals surface area (Å²) in [5, 5.41) is 26.9. The molecule has 3 aliphatic rings. The SMILES string of the molecule is CCN(CC1COc2ccccc2O1)C1CCC(O)(c2ccc3c(c2)OCO3)CC1.O=C(O)/C=C/C(=O)O. The summed E-state index contributed by atoms with van der Waals surface area (Å²) in [5.74, 6) is 0.617. The van der Waals surface area contributed by atoms with Crippen LogP contribution in [0.4, 0.5) is 0 Å². The Morgan fingerprint density at radius 3 is 2.24 bits per heavy atom. The van der Waals surface area contributed by atoms with Crippen molar-refractivity contribution in [3.8, 4) is 23.0 Å². The van der Waals surface area contributed by atoms with Crippen LogP contribution in [0, 0.1) is 0 Å². The maximum Gasteiger partial charge on any atom is 0.328 e. The third-order valence-corrected chi connectivity index (χ3v) is 6.99. The van der Waals surface area contributed by atoms with E-state index in [1.54, 1.807) is 0 Å². The summed E-state index contributed by atoms with van der Waals surface area (Å²) in [6, 6.07) is 14.1. The van der Waals surface area contributed by atoms with Crippen LogP contribution in [0.25, 0.3) is 0 Å². The predicted octanol–water partition coefficient (Wildman–Crippen LogP) is 3.42. The van der Waals surface area contributed by atoms with Crippen molar-refractivity contribution in [1.29, 1.82) is 0 Å². The minimum Gasteiger partial charge on any atom is -0.486 e. The molecule has 204 valence electrons. The van der Waals surface area contributed by atoms with Gasteiger partial charge in [0.1, 0.15) is 12.7 Å². The van der Waals surface area contributed by atoms with E-state index in [1.807, 2.05) is 42.5 Å². The van der Waals surface area contributed by atoms with E-state index in [-0.39, 0.29) is 12.9 Å². The van der Waals surface area contributed by atoms with Gasteiger partial charge in [0.25, 0.3) is 0 Å². The Labute approximate surface area is 221 Å². The third kappa shape index (κ3) is 6.76. The first-order valence-electron chi connectivity index (χ1n) is 12.7. The van der Waals surface area contributed by atoms with Crippen LogP contribution in [0.15, 0.2) is 54.6 Å². The number of aliphatic hydroxyl groups is 1. The zero-order valence-corrected chi connectivity index (χ0v) is 21.2. The number of carboxylic acids is 2. The number of ether oxygens (including phenoxy) is 4. The topological polar surface area (TPSA) is 135 Å². The van der Waals surface area contributed by atoms with Gasteiger partial charge in [-0.2, -0.15) is 0 Å². The molecule has 0 saturated heterocycles. The first kappa shape index (κ1) is 27.3. The standard InChI is InChI=1S/C24H29NO5.C4H4O4/c1-2-25(14-19-15-27-20-5-3-4-6-22(20)30-19)18-9-11-24(26,12-10-18)17-7-8-21-23(13-17)29-16-28-21;5-3(6)1-2-4(7)8/h3-8,13,18-19,26H,2,9-12,14-16H2,1H3;1-2H,(H,5,6)(H,7,8)/b;2-1+. The van der Waals surface area contributed by atoms with Crippen molar-refractivity contribution in [3.63, 3.8) is 0 Å². The molecule has 1 fully saturated rings.